The lowest BCUT2D eigenvalue weighted by Gasteiger charge is -2.14. The summed E-state index contributed by atoms with van der Waals surface area (Å²) in [5.41, 5.74) is 0.0150. The summed E-state index contributed by atoms with van der Waals surface area (Å²) in [6.45, 7) is 0.683. The van der Waals surface area contributed by atoms with Crippen molar-refractivity contribution in [1.82, 2.24) is 10.6 Å². The summed E-state index contributed by atoms with van der Waals surface area (Å²) in [5.74, 6) is -0.659. The fourth-order valence-electron chi connectivity index (χ4n) is 1.60. The molecule has 2 N–H and O–H groups in total. The molecule has 0 radical (unpaired) electrons. The van der Waals surface area contributed by atoms with Crippen molar-refractivity contribution in [2.45, 2.75) is 13.5 Å². The maximum absolute atomic E-state index is 12.4. The lowest BCUT2D eigenvalue weighted by molar-refractivity contribution is -0.0515. The Hall–Kier alpha value is -1.89. The van der Waals surface area contributed by atoms with Gasteiger partial charge >= 0.3 is 6.61 Å². The van der Waals surface area contributed by atoms with E-state index in [0.29, 0.717) is 13.1 Å². The zero-order valence-electron chi connectivity index (χ0n) is 11.4. The van der Waals surface area contributed by atoms with Gasteiger partial charge in [-0.15, -0.1) is 0 Å². The quantitative estimate of drug-likeness (QED) is 0.714. The molecular formula is C13H18F2N2O3. The van der Waals surface area contributed by atoms with Crippen molar-refractivity contribution in [1.29, 1.82) is 0 Å². The normalized spacial score (nSPS) is 10.4. The van der Waals surface area contributed by atoms with Gasteiger partial charge in [-0.25, -0.2) is 0 Å². The van der Waals surface area contributed by atoms with Crippen LogP contribution in [0.1, 0.15) is 17.3 Å². The fourth-order valence-corrected chi connectivity index (χ4v) is 1.60. The van der Waals surface area contributed by atoms with Crippen LogP contribution in [-0.4, -0.2) is 39.3 Å². The van der Waals surface area contributed by atoms with Crippen LogP contribution in [0.3, 0.4) is 0 Å². The molecule has 7 heteroatoms. The van der Waals surface area contributed by atoms with E-state index in [9.17, 15) is 13.6 Å². The van der Waals surface area contributed by atoms with E-state index in [-0.39, 0.29) is 17.1 Å². The molecule has 0 aliphatic rings. The maximum Gasteiger partial charge on any atom is 0.387 e. The Balaban J connectivity index is 2.84. The number of benzene rings is 1. The molecular weight excluding hydrogens is 270 g/mol. The smallest absolute Gasteiger partial charge is 0.387 e. The predicted octanol–water partition coefficient (Wildman–Crippen LogP) is 1.64. The highest BCUT2D eigenvalue weighted by Gasteiger charge is 2.19. The SMILES string of the molecule is CCNCCNC(=O)c1cccc(OC)c1OC(F)F. The predicted molar refractivity (Wildman–Crippen MR) is 70.5 cm³/mol. The molecule has 0 aliphatic carbocycles. The van der Waals surface area contributed by atoms with Gasteiger partial charge in [-0.05, 0) is 18.7 Å². The molecule has 0 atom stereocenters. The van der Waals surface area contributed by atoms with E-state index in [1.807, 2.05) is 6.92 Å². The van der Waals surface area contributed by atoms with Crippen molar-refractivity contribution in [2.75, 3.05) is 26.7 Å². The third-order valence-corrected chi connectivity index (χ3v) is 2.49. The Morgan fingerprint density at radius 1 is 1.35 bits per heavy atom. The van der Waals surface area contributed by atoms with Crippen molar-refractivity contribution in [2.24, 2.45) is 0 Å². The summed E-state index contributed by atoms with van der Waals surface area (Å²) in [6.07, 6.45) is 0. The number of rotatable bonds is 8. The largest absolute Gasteiger partial charge is 0.493 e. The minimum Gasteiger partial charge on any atom is -0.493 e. The standard InChI is InChI=1S/C13H18F2N2O3/c1-3-16-7-8-17-12(18)9-5-4-6-10(19-2)11(9)20-13(14)15/h4-6,13,16H,3,7-8H2,1-2H3,(H,17,18). The Morgan fingerprint density at radius 2 is 2.10 bits per heavy atom. The zero-order chi connectivity index (χ0) is 15.0. The molecule has 0 saturated carbocycles. The number of halogens is 2. The van der Waals surface area contributed by atoms with Gasteiger partial charge in [0.05, 0.1) is 12.7 Å². The lowest BCUT2D eigenvalue weighted by atomic mass is 10.1. The number of methoxy groups -OCH3 is 1. The first-order valence-corrected chi connectivity index (χ1v) is 6.20. The van der Waals surface area contributed by atoms with Crippen LogP contribution in [0.5, 0.6) is 11.5 Å². The van der Waals surface area contributed by atoms with Gasteiger partial charge in [0.25, 0.3) is 5.91 Å². The number of nitrogens with one attached hydrogen (secondary N) is 2. The summed E-state index contributed by atoms with van der Waals surface area (Å²) >= 11 is 0. The van der Waals surface area contributed by atoms with Crippen LogP contribution >= 0.6 is 0 Å². The Bertz CT molecular complexity index is 442. The van der Waals surface area contributed by atoms with E-state index >= 15 is 0 Å². The van der Waals surface area contributed by atoms with Crippen LogP contribution in [0.15, 0.2) is 18.2 Å². The number of carbonyl (C=O) groups excluding carboxylic acids is 1. The molecule has 0 unspecified atom stereocenters. The number of ether oxygens (including phenoxy) is 2. The van der Waals surface area contributed by atoms with Gasteiger partial charge < -0.3 is 20.1 Å². The van der Waals surface area contributed by atoms with Crippen molar-refractivity contribution in [3.8, 4) is 11.5 Å². The highest BCUT2D eigenvalue weighted by molar-refractivity contribution is 5.97. The minimum absolute atomic E-state index is 0.0150. The first-order valence-electron chi connectivity index (χ1n) is 6.20. The topological polar surface area (TPSA) is 59.6 Å². The van der Waals surface area contributed by atoms with Crippen molar-refractivity contribution in [3.63, 3.8) is 0 Å². The van der Waals surface area contributed by atoms with Crippen LogP contribution in [0.25, 0.3) is 0 Å². The second kappa shape index (κ2) is 8.31. The summed E-state index contributed by atoms with van der Waals surface area (Å²) in [4.78, 5) is 12.0. The number of alkyl halides is 2. The van der Waals surface area contributed by atoms with E-state index in [1.165, 1.54) is 25.3 Å². The molecule has 0 heterocycles. The second-order valence-corrected chi connectivity index (χ2v) is 3.82. The Kier molecular flexibility index (Phi) is 6.72. The van der Waals surface area contributed by atoms with Gasteiger partial charge in [0.1, 0.15) is 0 Å². The first-order chi connectivity index (χ1) is 9.60. The first kappa shape index (κ1) is 16.2. The van der Waals surface area contributed by atoms with Gasteiger partial charge in [-0.2, -0.15) is 8.78 Å². The fraction of sp³-hybridized carbons (Fsp3) is 0.462. The van der Waals surface area contributed by atoms with E-state index in [0.717, 1.165) is 6.54 Å². The van der Waals surface area contributed by atoms with Crippen LogP contribution < -0.4 is 20.1 Å². The van der Waals surface area contributed by atoms with Crippen LogP contribution in [0.4, 0.5) is 8.78 Å². The summed E-state index contributed by atoms with van der Waals surface area (Å²) in [7, 11) is 1.32. The molecule has 1 aromatic carbocycles. The molecule has 0 bridgehead atoms. The van der Waals surface area contributed by atoms with Gasteiger partial charge in [-0.1, -0.05) is 13.0 Å². The number of carbonyl (C=O) groups is 1. The lowest BCUT2D eigenvalue weighted by Crippen LogP contribution is -2.32. The summed E-state index contributed by atoms with van der Waals surface area (Å²) in [5, 5.41) is 5.65. The van der Waals surface area contributed by atoms with E-state index in [2.05, 4.69) is 15.4 Å². The number of likely N-dealkylation sites (N-methyl/N-ethyl adjacent to an activating group) is 1. The number of hydrogen-bond donors (Lipinski definition) is 2. The van der Waals surface area contributed by atoms with Crippen LogP contribution in [-0.2, 0) is 0 Å². The summed E-state index contributed by atoms with van der Waals surface area (Å²) in [6, 6.07) is 4.40. The molecule has 0 saturated heterocycles. The molecule has 0 spiro atoms. The third kappa shape index (κ3) is 4.65. The second-order valence-electron chi connectivity index (χ2n) is 3.82. The van der Waals surface area contributed by atoms with E-state index in [1.54, 1.807) is 0 Å². The molecule has 112 valence electrons. The van der Waals surface area contributed by atoms with Gasteiger partial charge in [0.15, 0.2) is 11.5 Å². The van der Waals surface area contributed by atoms with Gasteiger partial charge in [0.2, 0.25) is 0 Å². The molecule has 0 fully saturated rings. The van der Waals surface area contributed by atoms with Crippen LogP contribution in [0.2, 0.25) is 0 Å². The molecule has 1 amide bonds. The number of amides is 1. The van der Waals surface area contributed by atoms with E-state index in [4.69, 9.17) is 4.74 Å². The van der Waals surface area contributed by atoms with Crippen molar-refractivity contribution in [3.05, 3.63) is 23.8 Å². The number of para-hydroxylation sites is 1. The van der Waals surface area contributed by atoms with Crippen molar-refractivity contribution < 1.29 is 23.0 Å². The minimum atomic E-state index is -3.03. The highest BCUT2D eigenvalue weighted by atomic mass is 19.3. The molecule has 0 aliphatic heterocycles. The van der Waals surface area contributed by atoms with E-state index < -0.39 is 12.5 Å². The molecule has 20 heavy (non-hydrogen) atoms. The van der Waals surface area contributed by atoms with Gasteiger partial charge in [-0.3, -0.25) is 4.79 Å². The molecule has 0 aromatic heterocycles. The zero-order valence-corrected chi connectivity index (χ0v) is 11.4. The molecule has 1 aromatic rings. The maximum atomic E-state index is 12.4. The summed E-state index contributed by atoms with van der Waals surface area (Å²) < 4.78 is 34.1. The third-order valence-electron chi connectivity index (χ3n) is 2.49. The average Bonchev–Trinajstić information content (AvgIpc) is 2.43. The Morgan fingerprint density at radius 3 is 2.70 bits per heavy atom. The Labute approximate surface area is 116 Å². The van der Waals surface area contributed by atoms with Gasteiger partial charge in [0, 0.05) is 13.1 Å². The highest BCUT2D eigenvalue weighted by Crippen LogP contribution is 2.32. The monoisotopic (exact) mass is 288 g/mol. The molecule has 5 nitrogen and oxygen atoms in total. The van der Waals surface area contributed by atoms with Crippen LogP contribution in [0, 0.1) is 0 Å². The van der Waals surface area contributed by atoms with Crippen molar-refractivity contribution >= 4 is 5.91 Å². The molecule has 1 rings (SSSR count). The number of hydrogen-bond acceptors (Lipinski definition) is 4. The average molecular weight is 288 g/mol.